The monoisotopic (exact) mass is 334 g/mol. The van der Waals surface area contributed by atoms with Gasteiger partial charge in [0, 0.05) is 24.5 Å². The van der Waals surface area contributed by atoms with Crippen molar-refractivity contribution in [3.63, 3.8) is 0 Å². The average Bonchev–Trinajstić information content (AvgIpc) is 2.94. The Morgan fingerprint density at radius 2 is 2.20 bits per heavy atom. The number of hydrogen-bond donors (Lipinski definition) is 1. The molecule has 1 aromatic carbocycles. The summed E-state index contributed by atoms with van der Waals surface area (Å²) in [6.07, 6.45) is 1.07. The molecule has 2 aromatic rings. The predicted molar refractivity (Wildman–Crippen MR) is 85.9 cm³/mol. The van der Waals surface area contributed by atoms with Crippen LogP contribution < -0.4 is 10.6 Å². The van der Waals surface area contributed by atoms with Gasteiger partial charge in [0.15, 0.2) is 0 Å². The number of nitrogens with two attached hydrogens (primary N) is 1. The normalized spacial score (nSPS) is 13.8. The lowest BCUT2D eigenvalue weighted by atomic mass is 10.1. The summed E-state index contributed by atoms with van der Waals surface area (Å²) < 4.78 is 3.21. The molecule has 0 fully saturated rings. The van der Waals surface area contributed by atoms with Crippen LogP contribution in [0.1, 0.15) is 23.9 Å². The number of nitrogens with zero attached hydrogens (tertiary/aromatic N) is 3. The van der Waals surface area contributed by atoms with Gasteiger partial charge < -0.3 is 10.6 Å². The summed E-state index contributed by atoms with van der Waals surface area (Å²) in [4.78, 5) is 2.40. The van der Waals surface area contributed by atoms with Gasteiger partial charge in [-0.05, 0) is 60.0 Å². The zero-order chi connectivity index (χ0) is 14.3. The zero-order valence-corrected chi connectivity index (χ0v) is 13.4. The van der Waals surface area contributed by atoms with Crippen molar-refractivity contribution in [3.05, 3.63) is 39.6 Å². The van der Waals surface area contributed by atoms with Crippen LogP contribution in [0.5, 0.6) is 0 Å². The molecule has 3 rings (SSSR count). The van der Waals surface area contributed by atoms with E-state index in [1.165, 1.54) is 16.9 Å². The predicted octanol–water partition coefficient (Wildman–Crippen LogP) is 3.12. The smallest absolute Gasteiger partial charge is 0.0739 e. The molecule has 0 saturated heterocycles. The van der Waals surface area contributed by atoms with E-state index in [1.807, 2.05) is 13.0 Å². The SMILES string of the molecule is CCn1nc(C)c(Br)c1CN1CCc2cc(N)ccc21. The van der Waals surface area contributed by atoms with Gasteiger partial charge in [-0.1, -0.05) is 0 Å². The fourth-order valence-corrected chi connectivity index (χ4v) is 3.26. The molecule has 0 atom stereocenters. The van der Waals surface area contributed by atoms with E-state index in [-0.39, 0.29) is 0 Å². The third-order valence-electron chi connectivity index (χ3n) is 3.89. The van der Waals surface area contributed by atoms with Crippen LogP contribution in [0.4, 0.5) is 11.4 Å². The van der Waals surface area contributed by atoms with Crippen LogP contribution in [0.15, 0.2) is 22.7 Å². The minimum atomic E-state index is 0.848. The summed E-state index contributed by atoms with van der Waals surface area (Å²) in [6, 6.07) is 6.20. The van der Waals surface area contributed by atoms with E-state index in [9.17, 15) is 0 Å². The Balaban J connectivity index is 1.91. The number of rotatable bonds is 3. The Kier molecular flexibility index (Phi) is 3.46. The Morgan fingerprint density at radius 3 is 2.95 bits per heavy atom. The summed E-state index contributed by atoms with van der Waals surface area (Å²) in [5.74, 6) is 0. The molecule has 1 aliphatic heterocycles. The van der Waals surface area contributed by atoms with Crippen molar-refractivity contribution < 1.29 is 0 Å². The molecule has 2 heterocycles. The van der Waals surface area contributed by atoms with Crippen LogP contribution >= 0.6 is 15.9 Å². The first-order valence-corrected chi connectivity index (χ1v) is 7.74. The van der Waals surface area contributed by atoms with Crippen molar-refractivity contribution in [2.75, 3.05) is 17.2 Å². The molecule has 2 N–H and O–H groups in total. The first-order chi connectivity index (χ1) is 9.60. The van der Waals surface area contributed by atoms with E-state index < -0.39 is 0 Å². The number of fused-ring (bicyclic) bond motifs is 1. The second kappa shape index (κ2) is 5.13. The quantitative estimate of drug-likeness (QED) is 0.877. The summed E-state index contributed by atoms with van der Waals surface area (Å²) >= 11 is 3.67. The first kappa shape index (κ1) is 13.5. The molecule has 0 radical (unpaired) electrons. The Morgan fingerprint density at radius 1 is 1.40 bits per heavy atom. The van der Waals surface area contributed by atoms with Gasteiger partial charge >= 0.3 is 0 Å². The van der Waals surface area contributed by atoms with Gasteiger partial charge in [0.05, 0.1) is 22.4 Å². The van der Waals surface area contributed by atoms with Crippen molar-refractivity contribution in [3.8, 4) is 0 Å². The Bertz CT molecular complexity index is 648. The molecular formula is C15H19BrN4. The zero-order valence-electron chi connectivity index (χ0n) is 11.9. The summed E-state index contributed by atoms with van der Waals surface area (Å²) in [5.41, 5.74) is 11.7. The van der Waals surface area contributed by atoms with Crippen LogP contribution in [0.3, 0.4) is 0 Å². The molecular weight excluding hydrogens is 316 g/mol. The summed E-state index contributed by atoms with van der Waals surface area (Å²) in [7, 11) is 0. The number of hydrogen-bond acceptors (Lipinski definition) is 3. The minimum Gasteiger partial charge on any atom is -0.399 e. The van der Waals surface area contributed by atoms with Crippen molar-refractivity contribution in [1.82, 2.24) is 9.78 Å². The molecule has 0 amide bonds. The highest BCUT2D eigenvalue weighted by Gasteiger charge is 2.22. The van der Waals surface area contributed by atoms with E-state index in [4.69, 9.17) is 5.73 Å². The minimum absolute atomic E-state index is 0.848. The van der Waals surface area contributed by atoms with E-state index in [0.29, 0.717) is 0 Å². The van der Waals surface area contributed by atoms with E-state index in [1.54, 1.807) is 0 Å². The molecule has 106 valence electrons. The molecule has 0 aliphatic carbocycles. The van der Waals surface area contributed by atoms with Gasteiger partial charge in [-0.15, -0.1) is 0 Å². The molecule has 1 aromatic heterocycles. The number of benzene rings is 1. The number of halogens is 1. The van der Waals surface area contributed by atoms with E-state index >= 15 is 0 Å². The van der Waals surface area contributed by atoms with Gasteiger partial charge in [-0.3, -0.25) is 4.68 Å². The Labute approximate surface area is 127 Å². The maximum absolute atomic E-state index is 5.86. The molecule has 20 heavy (non-hydrogen) atoms. The fourth-order valence-electron chi connectivity index (χ4n) is 2.86. The van der Waals surface area contributed by atoms with Gasteiger partial charge in [-0.25, -0.2) is 0 Å². The molecule has 0 bridgehead atoms. The van der Waals surface area contributed by atoms with Crippen LogP contribution in [0.2, 0.25) is 0 Å². The lowest BCUT2D eigenvalue weighted by Crippen LogP contribution is -2.22. The molecule has 0 spiro atoms. The number of anilines is 2. The third-order valence-corrected chi connectivity index (χ3v) is 4.92. The number of aromatic nitrogens is 2. The van der Waals surface area contributed by atoms with Gasteiger partial charge in [0.2, 0.25) is 0 Å². The summed E-state index contributed by atoms with van der Waals surface area (Å²) in [5, 5.41) is 4.56. The van der Waals surface area contributed by atoms with Crippen molar-refractivity contribution in [1.29, 1.82) is 0 Å². The van der Waals surface area contributed by atoms with Crippen molar-refractivity contribution in [2.24, 2.45) is 0 Å². The van der Waals surface area contributed by atoms with Crippen molar-refractivity contribution >= 4 is 27.3 Å². The molecule has 5 heteroatoms. The third kappa shape index (κ3) is 2.20. The lowest BCUT2D eigenvalue weighted by molar-refractivity contribution is 0.608. The lowest BCUT2D eigenvalue weighted by Gasteiger charge is -2.20. The van der Waals surface area contributed by atoms with Crippen LogP contribution in [0, 0.1) is 6.92 Å². The maximum Gasteiger partial charge on any atom is 0.0739 e. The topological polar surface area (TPSA) is 47.1 Å². The van der Waals surface area contributed by atoms with Crippen LogP contribution in [-0.2, 0) is 19.5 Å². The largest absolute Gasteiger partial charge is 0.399 e. The average molecular weight is 335 g/mol. The Hall–Kier alpha value is -1.49. The highest BCUT2D eigenvalue weighted by atomic mass is 79.9. The molecule has 0 saturated carbocycles. The van der Waals surface area contributed by atoms with E-state index in [0.717, 1.165) is 41.9 Å². The molecule has 1 aliphatic rings. The second-order valence-electron chi connectivity index (χ2n) is 5.22. The first-order valence-electron chi connectivity index (χ1n) is 6.95. The molecule has 0 unspecified atom stereocenters. The van der Waals surface area contributed by atoms with Gasteiger partial charge in [-0.2, -0.15) is 5.10 Å². The number of aryl methyl sites for hydroxylation is 2. The molecule has 4 nitrogen and oxygen atoms in total. The summed E-state index contributed by atoms with van der Waals surface area (Å²) in [6.45, 7) is 6.98. The van der Waals surface area contributed by atoms with Crippen LogP contribution in [0.25, 0.3) is 0 Å². The van der Waals surface area contributed by atoms with Crippen LogP contribution in [-0.4, -0.2) is 16.3 Å². The number of nitrogen functional groups attached to an aromatic ring is 1. The van der Waals surface area contributed by atoms with Crippen molar-refractivity contribution in [2.45, 2.75) is 33.4 Å². The highest BCUT2D eigenvalue weighted by molar-refractivity contribution is 9.10. The maximum atomic E-state index is 5.86. The second-order valence-corrected chi connectivity index (χ2v) is 6.01. The van der Waals surface area contributed by atoms with Gasteiger partial charge in [0.25, 0.3) is 0 Å². The van der Waals surface area contributed by atoms with Gasteiger partial charge in [0.1, 0.15) is 0 Å². The fraction of sp³-hybridized carbons (Fsp3) is 0.400. The van der Waals surface area contributed by atoms with E-state index in [2.05, 4.69) is 49.7 Å². The standard InChI is InChI=1S/C15H19BrN4/c1-3-20-14(15(16)10(2)18-20)9-19-7-6-11-8-12(17)4-5-13(11)19/h4-5,8H,3,6-7,9,17H2,1-2H3. The highest BCUT2D eigenvalue weighted by Crippen LogP contribution is 2.32.